The first-order valence-corrected chi connectivity index (χ1v) is 14.4. The van der Waals surface area contributed by atoms with Crippen LogP contribution in [0.2, 0.25) is 0 Å². The Morgan fingerprint density at radius 2 is 1.98 bits per heavy atom. The maximum Gasteiger partial charge on any atom is 0.204 e. The molecule has 0 bridgehead atoms. The van der Waals surface area contributed by atoms with Crippen molar-refractivity contribution in [2.24, 2.45) is 0 Å². The van der Waals surface area contributed by atoms with E-state index in [1.165, 1.54) is 42.2 Å². The molecule has 2 N–H and O–H groups in total. The van der Waals surface area contributed by atoms with Gasteiger partial charge < -0.3 is 24.2 Å². The van der Waals surface area contributed by atoms with E-state index in [0.29, 0.717) is 52.3 Å². The van der Waals surface area contributed by atoms with Gasteiger partial charge in [0.2, 0.25) is 5.82 Å². The number of ether oxygens (including phenoxy) is 2. The lowest BCUT2D eigenvalue weighted by Gasteiger charge is -2.36. The third-order valence-corrected chi connectivity index (χ3v) is 8.52. The third kappa shape index (κ3) is 4.61. The molecule has 0 aliphatic carbocycles. The fourth-order valence-electron chi connectivity index (χ4n) is 5.47. The van der Waals surface area contributed by atoms with E-state index in [9.17, 15) is 13.6 Å². The monoisotopic (exact) mass is 595 g/mol. The first kappa shape index (κ1) is 27.9. The van der Waals surface area contributed by atoms with Crippen LogP contribution in [0.3, 0.4) is 0 Å². The van der Waals surface area contributed by atoms with Gasteiger partial charge in [0.1, 0.15) is 35.2 Å². The van der Waals surface area contributed by atoms with Gasteiger partial charge in [-0.05, 0) is 68.0 Å². The number of hydrogen-bond donors (Lipinski definition) is 2. The molecule has 11 heteroatoms. The van der Waals surface area contributed by atoms with E-state index >= 15 is 8.78 Å². The Morgan fingerprint density at radius 3 is 2.76 bits per heavy atom. The molecule has 1 aliphatic rings. The summed E-state index contributed by atoms with van der Waals surface area (Å²) < 4.78 is 71.3. The average molecular weight is 596 g/mol. The Hall–Kier alpha value is -4.25. The highest BCUT2D eigenvalue weighted by Crippen LogP contribution is 2.46. The van der Waals surface area contributed by atoms with Gasteiger partial charge >= 0.3 is 0 Å². The molecule has 1 atom stereocenters. The normalized spacial score (nSPS) is 16.3. The van der Waals surface area contributed by atoms with E-state index in [0.717, 1.165) is 12.4 Å². The number of imidazole rings is 1. The van der Waals surface area contributed by atoms with E-state index in [1.807, 2.05) is 6.92 Å². The molecule has 3 aromatic carbocycles. The van der Waals surface area contributed by atoms with Crippen LogP contribution < -0.4 is 9.47 Å². The molecule has 0 unspecified atom stereocenters. The standard InChI is InChI=1S/C31H25F4N3O3S/c1-31(8-11-40-27-16(4-3-10-39)12-17(32)13-21(27)31)23-15-37-30(38-23)20-14-18(5-6-22(20)33)41-28-25(35)24(34)26-19(7-9-36-26)29(28)42-2/h5-7,9-10,12-15,36H,3-4,8,11H2,1-2H3,(H,37,38)/t31-/m0/s1. The smallest absolute Gasteiger partial charge is 0.204 e. The van der Waals surface area contributed by atoms with Crippen LogP contribution in [0.1, 0.15) is 36.6 Å². The van der Waals surface area contributed by atoms with Gasteiger partial charge in [0.25, 0.3) is 0 Å². The summed E-state index contributed by atoms with van der Waals surface area (Å²) in [6, 6.07) is 8.26. The number of H-pyrrole nitrogens is 2. The number of benzene rings is 3. The molecule has 1 aliphatic heterocycles. The summed E-state index contributed by atoms with van der Waals surface area (Å²) in [4.78, 5) is 21.6. The molecule has 2 aromatic heterocycles. The molecular formula is C31H25F4N3O3S. The second-order valence-electron chi connectivity index (χ2n) is 10.2. The minimum atomic E-state index is -1.16. The number of aromatic nitrogens is 3. The highest BCUT2D eigenvalue weighted by Gasteiger charge is 2.38. The Balaban J connectivity index is 1.37. The van der Waals surface area contributed by atoms with E-state index in [-0.39, 0.29) is 34.8 Å². The van der Waals surface area contributed by atoms with Crippen molar-refractivity contribution in [3.63, 3.8) is 0 Å². The van der Waals surface area contributed by atoms with Crippen LogP contribution in [-0.2, 0) is 16.6 Å². The maximum absolute atomic E-state index is 15.1. The summed E-state index contributed by atoms with van der Waals surface area (Å²) in [7, 11) is 0. The number of halogens is 4. The molecule has 0 saturated carbocycles. The first-order chi connectivity index (χ1) is 20.2. The predicted molar refractivity (Wildman–Crippen MR) is 151 cm³/mol. The zero-order valence-electron chi connectivity index (χ0n) is 22.6. The molecule has 6 rings (SSSR count). The second-order valence-corrected chi connectivity index (χ2v) is 11.0. The predicted octanol–water partition coefficient (Wildman–Crippen LogP) is 7.85. The highest BCUT2D eigenvalue weighted by atomic mass is 32.2. The van der Waals surface area contributed by atoms with Crippen LogP contribution in [0.15, 0.2) is 53.7 Å². The number of nitrogens with one attached hydrogen (secondary N) is 2. The molecular weight excluding hydrogens is 570 g/mol. The topological polar surface area (TPSA) is 80.0 Å². The highest BCUT2D eigenvalue weighted by molar-refractivity contribution is 7.99. The van der Waals surface area contributed by atoms with Crippen LogP contribution >= 0.6 is 11.8 Å². The minimum Gasteiger partial charge on any atom is -0.493 e. The van der Waals surface area contributed by atoms with Crippen molar-refractivity contribution in [2.45, 2.75) is 36.5 Å². The zero-order valence-corrected chi connectivity index (χ0v) is 23.4. The molecule has 3 heterocycles. The lowest BCUT2D eigenvalue weighted by Crippen LogP contribution is -2.32. The Kier molecular flexibility index (Phi) is 7.22. The van der Waals surface area contributed by atoms with Gasteiger partial charge in [-0.1, -0.05) is 0 Å². The molecule has 0 saturated heterocycles. The molecule has 6 nitrogen and oxygen atoms in total. The van der Waals surface area contributed by atoms with E-state index < -0.39 is 28.7 Å². The number of aldehydes is 1. The van der Waals surface area contributed by atoms with Crippen molar-refractivity contribution >= 4 is 29.0 Å². The lowest BCUT2D eigenvalue weighted by atomic mass is 9.74. The molecule has 0 amide bonds. The van der Waals surface area contributed by atoms with Gasteiger partial charge in [-0.15, -0.1) is 11.8 Å². The lowest BCUT2D eigenvalue weighted by molar-refractivity contribution is -0.107. The number of rotatable bonds is 8. The number of aryl methyl sites for hydroxylation is 1. The van der Waals surface area contributed by atoms with Crippen LogP contribution in [-0.4, -0.2) is 34.1 Å². The Labute approximate surface area is 242 Å². The SMILES string of the molecule is CSc1c(Oc2ccc(F)c(-c3ncc([C@@]4(C)CCOc5c(CCC=O)cc(F)cc54)[nH]3)c2)c(F)c(F)c2[nH]ccc12. The van der Waals surface area contributed by atoms with Gasteiger partial charge in [-0.3, -0.25) is 0 Å². The van der Waals surface area contributed by atoms with Gasteiger partial charge in [0, 0.05) is 40.9 Å². The second kappa shape index (κ2) is 10.9. The largest absolute Gasteiger partial charge is 0.493 e. The van der Waals surface area contributed by atoms with Gasteiger partial charge in [-0.2, -0.15) is 4.39 Å². The zero-order chi connectivity index (χ0) is 29.6. The number of aromatic amines is 2. The van der Waals surface area contributed by atoms with E-state index in [2.05, 4.69) is 15.0 Å². The summed E-state index contributed by atoms with van der Waals surface area (Å²) in [5.41, 5.74) is 1.15. The molecule has 5 aromatic rings. The van der Waals surface area contributed by atoms with Crippen molar-refractivity contribution in [1.82, 2.24) is 15.0 Å². The maximum atomic E-state index is 15.1. The van der Waals surface area contributed by atoms with Crippen LogP contribution in [0, 0.1) is 23.3 Å². The summed E-state index contributed by atoms with van der Waals surface area (Å²) in [5.74, 6) is -2.81. The number of nitrogens with zero attached hydrogens (tertiary/aromatic N) is 1. The van der Waals surface area contributed by atoms with E-state index in [4.69, 9.17) is 9.47 Å². The number of thioether (sulfide) groups is 1. The quantitative estimate of drug-likeness (QED) is 0.109. The number of hydrogen-bond acceptors (Lipinski definition) is 5. The Bertz CT molecular complexity index is 1840. The summed E-state index contributed by atoms with van der Waals surface area (Å²) in [6.07, 6.45) is 6.64. The third-order valence-electron chi connectivity index (χ3n) is 7.70. The van der Waals surface area contributed by atoms with Crippen molar-refractivity contribution in [1.29, 1.82) is 0 Å². The van der Waals surface area contributed by atoms with Gasteiger partial charge in [-0.25, -0.2) is 18.2 Å². The van der Waals surface area contributed by atoms with Crippen LogP contribution in [0.4, 0.5) is 17.6 Å². The summed E-state index contributed by atoms with van der Waals surface area (Å²) in [6.45, 7) is 2.27. The number of fused-ring (bicyclic) bond motifs is 2. The number of carbonyl (C=O) groups excluding carboxylic acids is 1. The van der Waals surface area contributed by atoms with Crippen molar-refractivity contribution < 1.29 is 31.8 Å². The van der Waals surface area contributed by atoms with Crippen LogP contribution in [0.25, 0.3) is 22.3 Å². The molecule has 42 heavy (non-hydrogen) atoms. The molecule has 0 radical (unpaired) electrons. The molecule has 216 valence electrons. The van der Waals surface area contributed by atoms with Crippen LogP contribution in [0.5, 0.6) is 17.2 Å². The fourth-order valence-corrected chi connectivity index (χ4v) is 6.18. The van der Waals surface area contributed by atoms with Crippen molar-refractivity contribution in [3.8, 4) is 28.6 Å². The Morgan fingerprint density at radius 1 is 1.14 bits per heavy atom. The average Bonchev–Trinajstić information content (AvgIpc) is 3.67. The van der Waals surface area contributed by atoms with Gasteiger partial charge in [0.15, 0.2) is 11.6 Å². The van der Waals surface area contributed by atoms with E-state index in [1.54, 1.807) is 18.5 Å². The minimum absolute atomic E-state index is 0.0334. The fraction of sp³-hybridized carbons (Fsp3) is 0.226. The molecule has 0 spiro atoms. The van der Waals surface area contributed by atoms with Gasteiger partial charge in [0.05, 0.1) is 22.6 Å². The van der Waals surface area contributed by atoms with Crippen molar-refractivity contribution in [2.75, 3.05) is 12.9 Å². The number of carbonyl (C=O) groups is 1. The molecule has 0 fully saturated rings. The summed E-state index contributed by atoms with van der Waals surface area (Å²) >= 11 is 1.20. The first-order valence-electron chi connectivity index (χ1n) is 13.2. The summed E-state index contributed by atoms with van der Waals surface area (Å²) in [5, 5.41) is 0.463. The van der Waals surface area contributed by atoms with Crippen molar-refractivity contribution in [3.05, 3.63) is 88.9 Å².